The smallest absolute Gasteiger partial charge is 0.243 e. The Balaban J connectivity index is 0.000000484. The first-order valence-corrected chi connectivity index (χ1v) is 32.2. The highest BCUT2D eigenvalue weighted by Gasteiger charge is 2.02. The van der Waals surface area contributed by atoms with E-state index in [1.807, 2.05) is 74.6 Å². The SMILES string of the molecule is CCCCCCCCCCCCn1cc[n+](C)c1.CCCCCCCCn1cc[n+](C)c1.CCCCn1cc[n+](C)c1.CCCCn1cc[n+](C)c1.CCCn1cc[n+](C)c1.CCn1cc[n+](C)c1.CCn1cc[n+](C)c1.Cn1ccnc1. The highest BCUT2D eigenvalue weighted by Crippen LogP contribution is 2.11. The van der Waals surface area contributed by atoms with Crippen LogP contribution in [0, 0.1) is 0 Å². The second-order valence-corrected chi connectivity index (χ2v) is 22.3. The van der Waals surface area contributed by atoms with E-state index in [2.05, 4.69) is 241 Å². The Morgan fingerprint density at radius 2 is 0.506 bits per heavy atom. The first kappa shape index (κ1) is 74.7. The van der Waals surface area contributed by atoms with Crippen LogP contribution in [-0.4, -0.2) is 41.5 Å². The molecule has 8 heterocycles. The predicted octanol–water partition coefficient (Wildman–Crippen LogP) is 10.9. The summed E-state index contributed by atoms with van der Waals surface area (Å²) < 4.78 is 31.7. The zero-order chi connectivity index (χ0) is 61.1. The van der Waals surface area contributed by atoms with Gasteiger partial charge in [-0.2, -0.15) is 0 Å². The van der Waals surface area contributed by atoms with Crippen molar-refractivity contribution in [2.75, 3.05) is 0 Å². The van der Waals surface area contributed by atoms with Crippen molar-refractivity contribution in [3.8, 4) is 0 Å². The maximum absolute atomic E-state index is 3.78. The van der Waals surface area contributed by atoms with Gasteiger partial charge >= 0.3 is 0 Å². The summed E-state index contributed by atoms with van der Waals surface area (Å²) in [5.41, 5.74) is 0. The molecule has 0 radical (unpaired) electrons. The van der Waals surface area contributed by atoms with Crippen molar-refractivity contribution in [1.29, 1.82) is 0 Å². The molecule has 0 aliphatic heterocycles. The fourth-order valence-corrected chi connectivity index (χ4v) is 8.67. The zero-order valence-corrected chi connectivity index (χ0v) is 55.8. The molecule has 8 aromatic rings. The van der Waals surface area contributed by atoms with E-state index in [1.165, 1.54) is 148 Å². The molecule has 0 aliphatic rings. The normalized spacial score (nSPS) is 10.3. The zero-order valence-electron chi connectivity index (χ0n) is 55.8. The first-order chi connectivity index (χ1) is 40.2. The van der Waals surface area contributed by atoms with Crippen molar-refractivity contribution in [2.45, 2.75) is 229 Å². The molecule has 0 fully saturated rings. The summed E-state index contributed by atoms with van der Waals surface area (Å²) in [6, 6.07) is 0. The maximum atomic E-state index is 3.78. The maximum Gasteiger partial charge on any atom is 0.243 e. The summed E-state index contributed by atoms with van der Waals surface area (Å²) >= 11 is 0. The average molecular weight is 1150 g/mol. The molecule has 0 saturated carbocycles. The highest BCUT2D eigenvalue weighted by atomic mass is 15.1. The summed E-state index contributed by atoms with van der Waals surface area (Å²) in [6.07, 6.45) is 77.9. The number of nitrogens with zero attached hydrogens (tertiary/aromatic N) is 16. The van der Waals surface area contributed by atoms with Crippen LogP contribution < -0.4 is 32.0 Å². The first-order valence-electron chi connectivity index (χ1n) is 32.2. The third kappa shape index (κ3) is 42.2. The fraction of sp³-hybridized carbons (Fsp3) is 0.642. The van der Waals surface area contributed by atoms with Crippen LogP contribution in [0.25, 0.3) is 0 Å². The molecular formula is C67H125N16+7. The van der Waals surface area contributed by atoms with E-state index in [0.29, 0.717) is 0 Å². The average Bonchev–Trinajstić information content (AvgIpc) is 4.37. The Hall–Kier alpha value is -6.32. The molecule has 16 heteroatoms. The number of hydrogen-bond donors (Lipinski definition) is 0. The van der Waals surface area contributed by atoms with Gasteiger partial charge in [0.05, 0.1) is 101 Å². The van der Waals surface area contributed by atoms with E-state index in [0.717, 1.165) is 32.7 Å². The largest absolute Gasteiger partial charge is 0.341 e. The Morgan fingerprint density at radius 3 is 0.687 bits per heavy atom. The minimum atomic E-state index is 1.06. The van der Waals surface area contributed by atoms with Crippen molar-refractivity contribution in [3.05, 3.63) is 150 Å². The summed E-state index contributed by atoms with van der Waals surface area (Å²) in [7, 11) is 16.2. The molecule has 0 aromatic carbocycles. The van der Waals surface area contributed by atoms with Crippen LogP contribution in [0.4, 0.5) is 0 Å². The van der Waals surface area contributed by atoms with Gasteiger partial charge in [0.15, 0.2) is 0 Å². The van der Waals surface area contributed by atoms with Crippen LogP contribution in [0.5, 0.6) is 0 Å². The van der Waals surface area contributed by atoms with Gasteiger partial charge in [0.2, 0.25) is 44.3 Å². The van der Waals surface area contributed by atoms with Crippen molar-refractivity contribution < 1.29 is 32.0 Å². The molecule has 0 N–H and O–H groups in total. The third-order valence-corrected chi connectivity index (χ3v) is 13.7. The monoisotopic (exact) mass is 1150 g/mol. The van der Waals surface area contributed by atoms with E-state index in [9.17, 15) is 0 Å². The van der Waals surface area contributed by atoms with E-state index in [4.69, 9.17) is 0 Å². The summed E-state index contributed by atoms with van der Waals surface area (Å²) in [5, 5.41) is 0. The van der Waals surface area contributed by atoms with Crippen LogP contribution in [0.1, 0.15) is 183 Å². The third-order valence-electron chi connectivity index (χ3n) is 13.7. The standard InChI is InChI=1S/C16H31N2.C12H23N2.2C8H15N2.C7H13N2.2C6H11N2.C4H6N2/c1-3-4-5-6-7-8-9-10-11-12-13-18-15-14-17(2)16-18;1-3-4-5-6-7-8-9-14-11-10-13(2)12-14;2*1-3-4-5-10-7-6-9(2)8-10;1-3-4-9-6-5-8(2)7-9;2*1-3-8-5-4-7(2)6-8;1-6-3-2-5-4-6/h14-16H,3-13H2,1-2H3;10-12H,3-9H2,1-2H3;2*6-8H,3-5H2,1-2H3;5-7H,3-4H2,1-2H3;2*4-6H,3H2,1-2H3;2-4H,1H3/q7*+1;. The lowest BCUT2D eigenvalue weighted by molar-refractivity contribution is -0.671. The highest BCUT2D eigenvalue weighted by molar-refractivity contribution is 4.71. The van der Waals surface area contributed by atoms with Crippen molar-refractivity contribution in [3.63, 3.8) is 0 Å². The van der Waals surface area contributed by atoms with Gasteiger partial charge < -0.3 is 4.57 Å². The summed E-state index contributed by atoms with van der Waals surface area (Å²) in [4.78, 5) is 3.78. The van der Waals surface area contributed by atoms with Crippen LogP contribution in [0.15, 0.2) is 150 Å². The van der Waals surface area contributed by atoms with E-state index < -0.39 is 0 Å². The van der Waals surface area contributed by atoms with Crippen LogP contribution in [0.3, 0.4) is 0 Å². The minimum absolute atomic E-state index is 1.06. The fourth-order valence-electron chi connectivity index (χ4n) is 8.67. The molecule has 0 spiro atoms. The molecule has 0 atom stereocenters. The minimum Gasteiger partial charge on any atom is -0.341 e. The molecule has 8 rings (SSSR count). The molecule has 466 valence electrons. The Labute approximate surface area is 506 Å². The van der Waals surface area contributed by atoms with Gasteiger partial charge in [-0.3, -0.25) is 0 Å². The van der Waals surface area contributed by atoms with Gasteiger partial charge in [-0.15, -0.1) is 0 Å². The Kier molecular flexibility index (Phi) is 45.2. The number of imidazole rings is 8. The quantitative estimate of drug-likeness (QED) is 0.0355. The topological polar surface area (TPSA) is 79.5 Å². The van der Waals surface area contributed by atoms with Gasteiger partial charge in [-0.1, -0.05) is 125 Å². The van der Waals surface area contributed by atoms with Gasteiger partial charge in [0, 0.05) is 19.4 Å². The molecule has 83 heavy (non-hydrogen) atoms. The number of aryl methyl sites for hydroxylation is 15. The molecule has 0 aliphatic carbocycles. The van der Waals surface area contributed by atoms with E-state index in [1.54, 1.807) is 12.5 Å². The second kappa shape index (κ2) is 50.2. The van der Waals surface area contributed by atoms with Gasteiger partial charge in [-0.25, -0.2) is 68.9 Å². The molecule has 0 saturated heterocycles. The molecule has 0 bridgehead atoms. The van der Waals surface area contributed by atoms with Crippen LogP contribution >= 0.6 is 0 Å². The van der Waals surface area contributed by atoms with Crippen molar-refractivity contribution >= 4 is 0 Å². The number of rotatable bonds is 28. The number of aromatic nitrogens is 16. The molecule has 0 unspecified atom stereocenters. The summed E-state index contributed by atoms with van der Waals surface area (Å²) in [6.45, 7) is 23.3. The lowest BCUT2D eigenvalue weighted by Gasteiger charge is -2.01. The van der Waals surface area contributed by atoms with Gasteiger partial charge in [0.25, 0.3) is 0 Å². The van der Waals surface area contributed by atoms with Gasteiger partial charge in [0.1, 0.15) is 86.8 Å². The Morgan fingerprint density at radius 1 is 0.265 bits per heavy atom. The predicted molar refractivity (Wildman–Crippen MR) is 339 cm³/mol. The van der Waals surface area contributed by atoms with Gasteiger partial charge in [-0.05, 0) is 58.8 Å². The van der Waals surface area contributed by atoms with Crippen molar-refractivity contribution in [1.82, 2.24) is 41.5 Å². The number of unbranched alkanes of at least 4 members (excludes halogenated alkanes) is 16. The van der Waals surface area contributed by atoms with E-state index in [-0.39, 0.29) is 0 Å². The lowest BCUT2D eigenvalue weighted by atomic mass is 10.1. The van der Waals surface area contributed by atoms with E-state index >= 15 is 0 Å². The molecule has 16 nitrogen and oxygen atoms in total. The summed E-state index contributed by atoms with van der Waals surface area (Å²) in [5.74, 6) is 0. The number of hydrogen-bond acceptors (Lipinski definition) is 1. The van der Waals surface area contributed by atoms with Crippen LogP contribution in [-0.2, 0) is 102 Å². The molecule has 0 amide bonds. The van der Waals surface area contributed by atoms with Crippen LogP contribution in [0.2, 0.25) is 0 Å². The second-order valence-electron chi connectivity index (χ2n) is 22.3. The molecule has 8 aromatic heterocycles. The lowest BCUT2D eigenvalue weighted by Crippen LogP contribution is -2.23. The van der Waals surface area contributed by atoms with Crippen molar-refractivity contribution in [2.24, 2.45) is 56.4 Å². The molecular weight excluding hydrogens is 1030 g/mol. The Bertz CT molecular complexity index is 2510.